The number of aryl methyl sites for hydroxylation is 2. The van der Waals surface area contributed by atoms with Crippen LogP contribution in [0.25, 0.3) is 22.1 Å². The number of hydrogen-bond donors (Lipinski definition) is 0. The number of rotatable bonds is 3. The Bertz CT molecular complexity index is 1300. The fraction of sp³-hybridized carbons (Fsp3) is 0.227. The van der Waals surface area contributed by atoms with Gasteiger partial charge in [0, 0.05) is 11.5 Å². The fourth-order valence-electron chi connectivity index (χ4n) is 4.00. The molecule has 5 rings (SSSR count). The van der Waals surface area contributed by atoms with E-state index < -0.39 is 0 Å². The first kappa shape index (κ1) is 18.3. The largest absolute Gasteiger partial charge is 0.463 e. The third-order valence-corrected chi connectivity index (χ3v) is 6.04. The molecule has 1 aliphatic heterocycles. The van der Waals surface area contributed by atoms with Gasteiger partial charge in [-0.25, -0.2) is 0 Å². The minimum absolute atomic E-state index is 0.0506. The molecule has 0 unspecified atom stereocenters. The van der Waals surface area contributed by atoms with E-state index in [2.05, 4.69) is 26.1 Å². The van der Waals surface area contributed by atoms with Gasteiger partial charge in [-0.05, 0) is 41.8 Å². The molecule has 6 nitrogen and oxygen atoms in total. The zero-order chi connectivity index (χ0) is 20.2. The highest BCUT2D eigenvalue weighted by Gasteiger charge is 2.46. The van der Waals surface area contributed by atoms with Crippen LogP contribution >= 0.6 is 15.9 Å². The van der Waals surface area contributed by atoms with E-state index in [9.17, 15) is 4.79 Å². The van der Waals surface area contributed by atoms with Gasteiger partial charge in [-0.3, -0.25) is 4.79 Å². The minimum Gasteiger partial charge on any atom is -0.463 e. The summed E-state index contributed by atoms with van der Waals surface area (Å²) in [7, 11) is 1.93. The molecule has 3 heterocycles. The van der Waals surface area contributed by atoms with E-state index in [1.807, 2.05) is 54.9 Å². The van der Waals surface area contributed by atoms with Crippen molar-refractivity contribution in [3.05, 3.63) is 80.6 Å². The van der Waals surface area contributed by atoms with Gasteiger partial charge in [0.2, 0.25) is 5.43 Å². The number of aromatic nitrogens is 3. The van der Waals surface area contributed by atoms with Crippen LogP contribution in [-0.4, -0.2) is 28.0 Å². The van der Waals surface area contributed by atoms with Crippen LogP contribution in [0.5, 0.6) is 0 Å². The molecule has 0 radical (unpaired) electrons. The molecule has 29 heavy (non-hydrogen) atoms. The van der Waals surface area contributed by atoms with Crippen molar-refractivity contribution in [2.75, 3.05) is 13.2 Å². The van der Waals surface area contributed by atoms with Crippen molar-refractivity contribution in [1.82, 2.24) is 14.8 Å². The topological polar surface area (TPSA) is 70.2 Å². The summed E-state index contributed by atoms with van der Waals surface area (Å²) in [6.45, 7) is 2.99. The maximum Gasteiger partial charge on any atom is 0.200 e. The first-order valence-corrected chi connectivity index (χ1v) is 10.0. The van der Waals surface area contributed by atoms with Gasteiger partial charge < -0.3 is 13.7 Å². The standard InChI is InChI=1S/C22H18BrN3O3/c1-13-6-16(23)8-17-19(27)18(9-29-20(13)17)14-4-3-5-15(7-14)22(10-28-11-22)21-25-24-12-26(21)2/h3-9,12H,10-11H2,1-2H3. The lowest BCUT2D eigenvalue weighted by Crippen LogP contribution is -2.49. The Hall–Kier alpha value is -2.77. The van der Waals surface area contributed by atoms with E-state index in [0.29, 0.717) is 29.7 Å². The Morgan fingerprint density at radius 1 is 1.21 bits per heavy atom. The Morgan fingerprint density at radius 2 is 2.03 bits per heavy atom. The summed E-state index contributed by atoms with van der Waals surface area (Å²) < 4.78 is 14.2. The van der Waals surface area contributed by atoms with Crippen LogP contribution in [0, 0.1) is 6.92 Å². The first-order chi connectivity index (χ1) is 14.0. The predicted octanol–water partition coefficient (Wildman–Crippen LogP) is 3.98. The van der Waals surface area contributed by atoms with Gasteiger partial charge in [0.05, 0.1) is 24.2 Å². The number of nitrogens with zero attached hydrogens (tertiary/aromatic N) is 3. The number of fused-ring (bicyclic) bond motifs is 1. The maximum atomic E-state index is 13.2. The van der Waals surface area contributed by atoms with Crippen molar-refractivity contribution in [1.29, 1.82) is 0 Å². The highest BCUT2D eigenvalue weighted by Crippen LogP contribution is 2.39. The summed E-state index contributed by atoms with van der Waals surface area (Å²) in [5, 5.41) is 8.91. The smallest absolute Gasteiger partial charge is 0.200 e. The Balaban J connectivity index is 1.67. The molecule has 0 spiro atoms. The van der Waals surface area contributed by atoms with E-state index in [1.165, 1.54) is 0 Å². The van der Waals surface area contributed by atoms with Crippen LogP contribution in [0.15, 0.2) is 62.7 Å². The van der Waals surface area contributed by atoms with Gasteiger partial charge in [-0.15, -0.1) is 10.2 Å². The van der Waals surface area contributed by atoms with E-state index >= 15 is 0 Å². The predicted molar refractivity (Wildman–Crippen MR) is 113 cm³/mol. The van der Waals surface area contributed by atoms with Gasteiger partial charge in [-0.1, -0.05) is 34.1 Å². The third kappa shape index (κ3) is 2.76. The molecule has 0 saturated carbocycles. The molecule has 1 fully saturated rings. The molecule has 0 bridgehead atoms. The second kappa shape index (κ2) is 6.64. The maximum absolute atomic E-state index is 13.2. The van der Waals surface area contributed by atoms with Crippen molar-refractivity contribution >= 4 is 26.9 Å². The summed E-state index contributed by atoms with van der Waals surface area (Å²) in [6, 6.07) is 11.7. The Morgan fingerprint density at radius 3 is 2.72 bits per heavy atom. The number of hydrogen-bond acceptors (Lipinski definition) is 5. The zero-order valence-corrected chi connectivity index (χ0v) is 17.6. The fourth-order valence-corrected chi connectivity index (χ4v) is 4.57. The summed E-state index contributed by atoms with van der Waals surface area (Å²) in [4.78, 5) is 13.2. The van der Waals surface area contributed by atoms with Crippen LogP contribution in [0.4, 0.5) is 0 Å². The zero-order valence-electron chi connectivity index (χ0n) is 16.0. The van der Waals surface area contributed by atoms with E-state index in [1.54, 1.807) is 12.6 Å². The second-order valence-corrected chi connectivity index (χ2v) is 8.41. The Kier molecular flexibility index (Phi) is 4.18. The van der Waals surface area contributed by atoms with Crippen LogP contribution in [0.3, 0.4) is 0 Å². The van der Waals surface area contributed by atoms with Crippen molar-refractivity contribution < 1.29 is 9.15 Å². The average Bonchev–Trinajstić information content (AvgIpc) is 3.08. The molecule has 2 aromatic heterocycles. The molecule has 0 aliphatic carbocycles. The van der Waals surface area contributed by atoms with E-state index in [-0.39, 0.29) is 10.8 Å². The molecular weight excluding hydrogens is 434 g/mol. The molecule has 0 N–H and O–H groups in total. The van der Waals surface area contributed by atoms with Gasteiger partial charge in [0.1, 0.15) is 29.4 Å². The molecule has 1 saturated heterocycles. The molecular formula is C22H18BrN3O3. The van der Waals surface area contributed by atoms with Crippen LogP contribution in [-0.2, 0) is 17.2 Å². The summed E-state index contributed by atoms with van der Waals surface area (Å²) in [6.07, 6.45) is 3.24. The van der Waals surface area contributed by atoms with Gasteiger partial charge in [0.15, 0.2) is 0 Å². The molecule has 0 amide bonds. The quantitative estimate of drug-likeness (QED) is 0.471. The van der Waals surface area contributed by atoms with Crippen LogP contribution < -0.4 is 5.43 Å². The normalized spacial score (nSPS) is 15.4. The monoisotopic (exact) mass is 451 g/mol. The first-order valence-electron chi connectivity index (χ1n) is 9.24. The second-order valence-electron chi connectivity index (χ2n) is 7.50. The lowest BCUT2D eigenvalue weighted by molar-refractivity contribution is -0.0435. The van der Waals surface area contributed by atoms with Gasteiger partial charge in [-0.2, -0.15) is 0 Å². The molecule has 4 aromatic rings. The van der Waals surface area contributed by atoms with Gasteiger partial charge >= 0.3 is 0 Å². The van der Waals surface area contributed by atoms with E-state index in [0.717, 1.165) is 27.0 Å². The van der Waals surface area contributed by atoms with Crippen molar-refractivity contribution in [3.8, 4) is 11.1 Å². The lowest BCUT2D eigenvalue weighted by atomic mass is 9.77. The number of ether oxygens (including phenoxy) is 1. The Labute approximate surface area is 175 Å². The van der Waals surface area contributed by atoms with Crippen molar-refractivity contribution in [2.45, 2.75) is 12.3 Å². The van der Waals surface area contributed by atoms with E-state index in [4.69, 9.17) is 9.15 Å². The number of halogens is 1. The van der Waals surface area contributed by atoms with Crippen LogP contribution in [0.2, 0.25) is 0 Å². The summed E-state index contributed by atoms with van der Waals surface area (Å²) >= 11 is 3.47. The SMILES string of the molecule is Cc1cc(Br)cc2c(=O)c(-c3cccc(C4(c5nncn5C)COC4)c3)coc12. The van der Waals surface area contributed by atoms with Crippen molar-refractivity contribution in [2.24, 2.45) is 7.05 Å². The molecule has 146 valence electrons. The highest BCUT2D eigenvalue weighted by molar-refractivity contribution is 9.10. The molecule has 1 aliphatic rings. The third-order valence-electron chi connectivity index (χ3n) is 5.59. The minimum atomic E-state index is -0.363. The average molecular weight is 452 g/mol. The summed E-state index contributed by atoms with van der Waals surface area (Å²) in [5.74, 6) is 0.853. The molecule has 2 aromatic carbocycles. The lowest BCUT2D eigenvalue weighted by Gasteiger charge is -2.40. The number of benzene rings is 2. The van der Waals surface area contributed by atoms with Crippen LogP contribution in [0.1, 0.15) is 17.0 Å². The molecule has 7 heteroatoms. The molecule has 0 atom stereocenters. The van der Waals surface area contributed by atoms with Gasteiger partial charge in [0.25, 0.3) is 0 Å². The summed E-state index contributed by atoms with van der Waals surface area (Å²) in [5.41, 5.74) is 3.50. The highest BCUT2D eigenvalue weighted by atomic mass is 79.9. The van der Waals surface area contributed by atoms with Crippen molar-refractivity contribution in [3.63, 3.8) is 0 Å².